The summed E-state index contributed by atoms with van der Waals surface area (Å²) in [5.74, 6) is 0.638. The zero-order valence-corrected chi connectivity index (χ0v) is 12.6. The molecule has 0 spiro atoms. The van der Waals surface area contributed by atoms with E-state index in [1.807, 2.05) is 24.3 Å². The Morgan fingerprint density at radius 3 is 2.81 bits per heavy atom. The number of fused-ring (bicyclic) bond motifs is 1. The van der Waals surface area contributed by atoms with Crippen molar-refractivity contribution >= 4 is 29.1 Å². The van der Waals surface area contributed by atoms with Crippen LogP contribution in [0.4, 0.5) is 0 Å². The van der Waals surface area contributed by atoms with E-state index < -0.39 is 6.10 Å². The third kappa shape index (κ3) is 3.14. The molecule has 0 fully saturated rings. The van der Waals surface area contributed by atoms with E-state index in [0.717, 1.165) is 16.9 Å². The molecule has 1 atom stereocenters. The second-order valence-electron chi connectivity index (χ2n) is 4.87. The maximum Gasteiger partial charge on any atom is 0.261 e. The number of rotatable bonds is 3. The van der Waals surface area contributed by atoms with Gasteiger partial charge in [-0.05, 0) is 29.3 Å². The molecule has 1 heterocycles. The Bertz CT molecular complexity index is 663. The lowest BCUT2D eigenvalue weighted by Crippen LogP contribution is -2.37. The summed E-state index contributed by atoms with van der Waals surface area (Å²) in [5.41, 5.74) is 1.88. The molecule has 0 aliphatic carbocycles. The smallest absolute Gasteiger partial charge is 0.261 e. The first-order chi connectivity index (χ1) is 10.1. The molecule has 5 heteroatoms. The van der Waals surface area contributed by atoms with Gasteiger partial charge in [0.15, 0.2) is 6.10 Å². The lowest BCUT2D eigenvalue weighted by molar-refractivity contribution is -0.127. The van der Waals surface area contributed by atoms with Crippen LogP contribution >= 0.6 is 23.2 Å². The van der Waals surface area contributed by atoms with E-state index in [1.54, 1.807) is 18.2 Å². The molecule has 3 rings (SSSR count). The van der Waals surface area contributed by atoms with Gasteiger partial charge in [0.05, 0.1) is 0 Å². The van der Waals surface area contributed by atoms with Gasteiger partial charge < -0.3 is 10.1 Å². The molecule has 2 aromatic rings. The Morgan fingerprint density at radius 2 is 2.05 bits per heavy atom. The van der Waals surface area contributed by atoms with Crippen molar-refractivity contribution in [3.05, 3.63) is 63.6 Å². The number of nitrogens with one attached hydrogen (secondary N) is 1. The molecule has 3 nitrogen and oxygen atoms in total. The van der Waals surface area contributed by atoms with Crippen LogP contribution in [0.3, 0.4) is 0 Å². The first-order valence-electron chi connectivity index (χ1n) is 6.59. The maximum atomic E-state index is 12.2. The van der Waals surface area contributed by atoms with E-state index >= 15 is 0 Å². The van der Waals surface area contributed by atoms with Gasteiger partial charge in [-0.2, -0.15) is 0 Å². The van der Waals surface area contributed by atoms with Crippen LogP contribution in [0.15, 0.2) is 42.5 Å². The van der Waals surface area contributed by atoms with E-state index in [2.05, 4.69) is 5.32 Å². The highest BCUT2D eigenvalue weighted by molar-refractivity contribution is 6.35. The molecule has 1 aliphatic heterocycles. The number of halogens is 2. The molecule has 1 aliphatic rings. The number of carbonyl (C=O) groups is 1. The SMILES string of the molecule is O=C(NCc1ccc(Cl)cc1Cl)C1Cc2ccccc2O1. The molecule has 0 aromatic heterocycles. The van der Waals surface area contributed by atoms with Crippen LogP contribution in [0.2, 0.25) is 10.0 Å². The maximum absolute atomic E-state index is 12.2. The van der Waals surface area contributed by atoms with Crippen LogP contribution < -0.4 is 10.1 Å². The van der Waals surface area contributed by atoms with Crippen LogP contribution in [-0.2, 0) is 17.8 Å². The molecule has 21 heavy (non-hydrogen) atoms. The quantitative estimate of drug-likeness (QED) is 0.937. The Morgan fingerprint density at radius 1 is 1.24 bits per heavy atom. The highest BCUT2D eigenvalue weighted by Gasteiger charge is 2.28. The lowest BCUT2D eigenvalue weighted by atomic mass is 10.1. The van der Waals surface area contributed by atoms with Gasteiger partial charge in [-0.25, -0.2) is 0 Å². The van der Waals surface area contributed by atoms with Crippen molar-refractivity contribution in [3.8, 4) is 5.75 Å². The van der Waals surface area contributed by atoms with E-state index in [4.69, 9.17) is 27.9 Å². The van der Waals surface area contributed by atoms with Crippen LogP contribution in [0.1, 0.15) is 11.1 Å². The summed E-state index contributed by atoms with van der Waals surface area (Å²) in [6.07, 6.45) is 0.115. The van der Waals surface area contributed by atoms with Gasteiger partial charge in [0.25, 0.3) is 5.91 Å². The van der Waals surface area contributed by atoms with E-state index in [1.165, 1.54) is 0 Å². The number of para-hydroxylation sites is 1. The fourth-order valence-corrected chi connectivity index (χ4v) is 2.76. The Hall–Kier alpha value is -1.71. The second kappa shape index (κ2) is 5.96. The van der Waals surface area contributed by atoms with Crippen molar-refractivity contribution in [1.29, 1.82) is 0 Å². The van der Waals surface area contributed by atoms with Crippen LogP contribution in [0.5, 0.6) is 5.75 Å². The highest BCUT2D eigenvalue weighted by atomic mass is 35.5. The average Bonchev–Trinajstić information content (AvgIpc) is 2.90. The second-order valence-corrected chi connectivity index (χ2v) is 5.72. The highest BCUT2D eigenvalue weighted by Crippen LogP contribution is 2.28. The Balaban J connectivity index is 1.61. The van der Waals surface area contributed by atoms with Gasteiger partial charge in [-0.3, -0.25) is 4.79 Å². The van der Waals surface area contributed by atoms with E-state index in [9.17, 15) is 4.79 Å². The molecule has 0 saturated heterocycles. The van der Waals surface area contributed by atoms with Gasteiger partial charge in [0.2, 0.25) is 0 Å². The summed E-state index contributed by atoms with van der Waals surface area (Å²) >= 11 is 11.9. The van der Waals surface area contributed by atoms with Crippen molar-refractivity contribution in [1.82, 2.24) is 5.32 Å². The molecule has 0 saturated carbocycles. The van der Waals surface area contributed by atoms with Crippen molar-refractivity contribution in [2.45, 2.75) is 19.1 Å². The van der Waals surface area contributed by atoms with Crippen LogP contribution in [-0.4, -0.2) is 12.0 Å². The summed E-state index contributed by atoms with van der Waals surface area (Å²) in [4.78, 5) is 12.2. The average molecular weight is 322 g/mol. The summed E-state index contributed by atoms with van der Waals surface area (Å²) in [5, 5.41) is 3.96. The minimum atomic E-state index is -0.478. The predicted molar refractivity (Wildman–Crippen MR) is 82.9 cm³/mol. The van der Waals surface area contributed by atoms with Crippen LogP contribution in [0.25, 0.3) is 0 Å². The fraction of sp³-hybridized carbons (Fsp3) is 0.188. The third-order valence-corrected chi connectivity index (χ3v) is 3.99. The fourth-order valence-electron chi connectivity index (χ4n) is 2.29. The summed E-state index contributed by atoms with van der Waals surface area (Å²) in [6, 6.07) is 12.9. The van der Waals surface area contributed by atoms with E-state index in [-0.39, 0.29) is 5.91 Å². The monoisotopic (exact) mass is 321 g/mol. The minimum Gasteiger partial charge on any atom is -0.480 e. The molecule has 2 aromatic carbocycles. The number of hydrogen-bond donors (Lipinski definition) is 1. The Kier molecular flexibility index (Phi) is 4.04. The minimum absolute atomic E-state index is 0.141. The van der Waals surface area contributed by atoms with Crippen LogP contribution in [0, 0.1) is 0 Å². The van der Waals surface area contributed by atoms with Gasteiger partial charge >= 0.3 is 0 Å². The summed E-state index contributed by atoms with van der Waals surface area (Å²) in [7, 11) is 0. The number of carbonyl (C=O) groups excluding carboxylic acids is 1. The first kappa shape index (κ1) is 14.2. The molecule has 0 bridgehead atoms. The molecular formula is C16H13Cl2NO2. The van der Waals surface area contributed by atoms with Crippen molar-refractivity contribution in [2.24, 2.45) is 0 Å². The number of benzene rings is 2. The molecule has 1 unspecified atom stereocenters. The molecule has 1 amide bonds. The standard InChI is InChI=1S/C16H13Cl2NO2/c17-12-6-5-11(13(18)8-12)9-19-16(20)15-7-10-3-1-2-4-14(10)21-15/h1-6,8,15H,7,9H2,(H,19,20). The van der Waals surface area contributed by atoms with Gasteiger partial charge in [0.1, 0.15) is 5.75 Å². The number of amides is 1. The zero-order chi connectivity index (χ0) is 14.8. The number of ether oxygens (including phenoxy) is 1. The number of hydrogen-bond acceptors (Lipinski definition) is 2. The first-order valence-corrected chi connectivity index (χ1v) is 7.35. The largest absolute Gasteiger partial charge is 0.480 e. The molecule has 108 valence electrons. The topological polar surface area (TPSA) is 38.3 Å². The molecule has 1 N–H and O–H groups in total. The predicted octanol–water partition coefficient (Wildman–Crippen LogP) is 3.61. The lowest BCUT2D eigenvalue weighted by Gasteiger charge is -2.12. The Labute approximate surface area is 132 Å². The summed E-state index contributed by atoms with van der Waals surface area (Å²) < 4.78 is 5.64. The zero-order valence-electron chi connectivity index (χ0n) is 11.1. The normalized spacial score (nSPS) is 16.2. The van der Waals surface area contributed by atoms with Gasteiger partial charge in [-0.15, -0.1) is 0 Å². The van der Waals surface area contributed by atoms with Gasteiger partial charge in [0, 0.05) is 23.0 Å². The molecule has 0 radical (unpaired) electrons. The van der Waals surface area contributed by atoms with Gasteiger partial charge in [-0.1, -0.05) is 47.5 Å². The third-order valence-electron chi connectivity index (χ3n) is 3.41. The van der Waals surface area contributed by atoms with Crippen molar-refractivity contribution in [3.63, 3.8) is 0 Å². The van der Waals surface area contributed by atoms with Crippen molar-refractivity contribution < 1.29 is 9.53 Å². The molecular weight excluding hydrogens is 309 g/mol. The van der Waals surface area contributed by atoms with E-state index in [0.29, 0.717) is 23.0 Å². The van der Waals surface area contributed by atoms with Crippen molar-refractivity contribution in [2.75, 3.05) is 0 Å². The summed E-state index contributed by atoms with van der Waals surface area (Å²) in [6.45, 7) is 0.352.